The molecular formula is C27H35N9O. The molecule has 4 atom stereocenters. The van der Waals surface area contributed by atoms with Gasteiger partial charge in [0, 0.05) is 50.2 Å². The number of fused-ring (bicyclic) bond motifs is 1. The first-order chi connectivity index (χ1) is 18.1. The SMILES string of the molecule is CC(n1cc(-c2cncc(N3CC4CC4C3)n2)nn1)n1ccc(N2CCC[C@@H](NCC3CC3)C2)cc1=O. The van der Waals surface area contributed by atoms with Gasteiger partial charge >= 0.3 is 0 Å². The minimum Gasteiger partial charge on any atom is -0.370 e. The van der Waals surface area contributed by atoms with Gasteiger partial charge < -0.3 is 15.1 Å². The van der Waals surface area contributed by atoms with Gasteiger partial charge in [-0.15, -0.1) is 5.10 Å². The van der Waals surface area contributed by atoms with Crippen molar-refractivity contribution < 1.29 is 0 Å². The van der Waals surface area contributed by atoms with E-state index in [0.717, 1.165) is 68.4 Å². The molecule has 3 aromatic rings. The summed E-state index contributed by atoms with van der Waals surface area (Å²) in [5.74, 6) is 3.45. The number of rotatable bonds is 8. The lowest BCUT2D eigenvalue weighted by Gasteiger charge is -2.35. The van der Waals surface area contributed by atoms with Gasteiger partial charge in [-0.1, -0.05) is 5.21 Å². The van der Waals surface area contributed by atoms with Crippen molar-refractivity contribution in [3.05, 3.63) is 47.3 Å². The smallest absolute Gasteiger partial charge is 0.254 e. The number of nitrogens with one attached hydrogen (secondary N) is 1. The number of pyridine rings is 1. The van der Waals surface area contributed by atoms with E-state index < -0.39 is 0 Å². The Morgan fingerprint density at radius 1 is 1.08 bits per heavy atom. The maximum absolute atomic E-state index is 13.1. The first kappa shape index (κ1) is 22.9. The van der Waals surface area contributed by atoms with Gasteiger partial charge in [0.2, 0.25) is 0 Å². The van der Waals surface area contributed by atoms with Crippen LogP contribution >= 0.6 is 0 Å². The molecule has 3 unspecified atom stereocenters. The van der Waals surface area contributed by atoms with Crippen molar-refractivity contribution in [1.82, 2.24) is 34.8 Å². The van der Waals surface area contributed by atoms with Crippen molar-refractivity contribution in [3.63, 3.8) is 0 Å². The van der Waals surface area contributed by atoms with E-state index in [-0.39, 0.29) is 11.7 Å². The molecule has 194 valence electrons. The molecule has 0 radical (unpaired) electrons. The number of hydrogen-bond acceptors (Lipinski definition) is 8. The first-order valence-corrected chi connectivity index (χ1v) is 13.8. The van der Waals surface area contributed by atoms with E-state index in [1.165, 1.54) is 25.7 Å². The number of aromatic nitrogens is 6. The second-order valence-electron chi connectivity index (χ2n) is 11.4. The van der Waals surface area contributed by atoms with Crippen molar-refractivity contribution in [2.24, 2.45) is 17.8 Å². The molecule has 2 aliphatic heterocycles. The normalized spacial score (nSPS) is 25.8. The number of anilines is 2. The quantitative estimate of drug-likeness (QED) is 0.503. The maximum atomic E-state index is 13.1. The first-order valence-electron chi connectivity index (χ1n) is 13.8. The summed E-state index contributed by atoms with van der Waals surface area (Å²) in [6.07, 6.45) is 13.4. The Morgan fingerprint density at radius 2 is 1.95 bits per heavy atom. The third-order valence-electron chi connectivity index (χ3n) is 8.59. The van der Waals surface area contributed by atoms with Crippen LogP contribution in [0.2, 0.25) is 0 Å². The van der Waals surface area contributed by atoms with Crippen molar-refractivity contribution in [2.45, 2.75) is 51.2 Å². The van der Waals surface area contributed by atoms with Crippen molar-refractivity contribution in [1.29, 1.82) is 0 Å². The summed E-state index contributed by atoms with van der Waals surface area (Å²) < 4.78 is 3.42. The summed E-state index contributed by atoms with van der Waals surface area (Å²) in [6.45, 7) is 7.17. The molecule has 37 heavy (non-hydrogen) atoms. The molecule has 5 heterocycles. The lowest BCUT2D eigenvalue weighted by molar-refractivity contribution is 0.403. The molecule has 0 bridgehead atoms. The maximum Gasteiger partial charge on any atom is 0.254 e. The second kappa shape index (κ2) is 9.24. The Hall–Kier alpha value is -3.27. The highest BCUT2D eigenvalue weighted by molar-refractivity contribution is 5.55. The number of piperidine rings is 2. The van der Waals surface area contributed by atoms with Gasteiger partial charge in [0.1, 0.15) is 23.4 Å². The predicted octanol–water partition coefficient (Wildman–Crippen LogP) is 2.39. The Kier molecular flexibility index (Phi) is 5.71. The Labute approximate surface area is 216 Å². The fourth-order valence-electron chi connectivity index (χ4n) is 5.94. The Morgan fingerprint density at radius 3 is 2.76 bits per heavy atom. The van der Waals surface area contributed by atoms with Gasteiger partial charge in [-0.3, -0.25) is 14.3 Å². The van der Waals surface area contributed by atoms with E-state index in [2.05, 4.69) is 36.5 Å². The third kappa shape index (κ3) is 4.74. The van der Waals surface area contributed by atoms with Gasteiger partial charge in [0.25, 0.3) is 5.56 Å². The summed E-state index contributed by atoms with van der Waals surface area (Å²) in [4.78, 5) is 27.0. The lowest BCUT2D eigenvalue weighted by atomic mass is 10.0. The highest BCUT2D eigenvalue weighted by Crippen LogP contribution is 2.45. The Balaban J connectivity index is 1.04. The zero-order valence-electron chi connectivity index (χ0n) is 21.4. The molecule has 1 N–H and O–H groups in total. The van der Waals surface area contributed by atoms with Crippen molar-refractivity contribution >= 4 is 11.5 Å². The molecule has 0 amide bonds. The van der Waals surface area contributed by atoms with E-state index in [9.17, 15) is 4.79 Å². The third-order valence-corrected chi connectivity index (χ3v) is 8.59. The molecular weight excluding hydrogens is 466 g/mol. The van der Waals surface area contributed by atoms with Crippen LogP contribution in [0.3, 0.4) is 0 Å². The standard InChI is InChI=1S/C27H35N9O/c1-18(35-8-6-23(10-27(35)37)33-7-2-3-22(16-33)29-11-19-4-5-19)36-17-25(31-32-36)24-12-28-13-26(30-24)34-14-20-9-21(20)15-34/h6,8,10,12-13,17-22,29H,2-5,7,9,11,14-16H2,1H3/t18?,20?,21?,22-/m1/s1. The molecule has 4 aliphatic rings. The van der Waals surface area contributed by atoms with Gasteiger partial charge in [-0.05, 0) is 69.4 Å². The largest absolute Gasteiger partial charge is 0.370 e. The van der Waals surface area contributed by atoms with Crippen LogP contribution in [-0.2, 0) is 0 Å². The lowest BCUT2D eigenvalue weighted by Crippen LogP contribution is -2.46. The molecule has 10 heteroatoms. The summed E-state index contributed by atoms with van der Waals surface area (Å²) in [7, 11) is 0. The van der Waals surface area contributed by atoms with Gasteiger partial charge in [0.15, 0.2) is 0 Å². The fourth-order valence-corrected chi connectivity index (χ4v) is 5.94. The summed E-state index contributed by atoms with van der Waals surface area (Å²) in [6, 6.07) is 4.31. The van der Waals surface area contributed by atoms with E-state index in [4.69, 9.17) is 4.98 Å². The molecule has 2 saturated carbocycles. The molecule has 0 aromatic carbocycles. The van der Waals surface area contributed by atoms with Crippen LogP contribution in [0.4, 0.5) is 11.5 Å². The van der Waals surface area contributed by atoms with E-state index in [1.54, 1.807) is 21.5 Å². The van der Waals surface area contributed by atoms with Crippen LogP contribution in [0, 0.1) is 17.8 Å². The van der Waals surface area contributed by atoms with Gasteiger partial charge in [-0.2, -0.15) is 0 Å². The molecule has 0 spiro atoms. The highest BCUT2D eigenvalue weighted by Gasteiger charge is 2.45. The van der Waals surface area contributed by atoms with Crippen LogP contribution in [0.25, 0.3) is 11.4 Å². The molecule has 4 fully saturated rings. The Bertz CT molecular complexity index is 1320. The summed E-state index contributed by atoms with van der Waals surface area (Å²) in [5, 5.41) is 12.4. The van der Waals surface area contributed by atoms with Crippen LogP contribution < -0.4 is 20.7 Å². The van der Waals surface area contributed by atoms with E-state index >= 15 is 0 Å². The molecule has 10 nitrogen and oxygen atoms in total. The molecule has 2 aliphatic carbocycles. The molecule has 7 rings (SSSR count). The summed E-state index contributed by atoms with van der Waals surface area (Å²) >= 11 is 0. The minimum atomic E-state index is -0.307. The summed E-state index contributed by atoms with van der Waals surface area (Å²) in [5.41, 5.74) is 2.32. The number of hydrogen-bond donors (Lipinski definition) is 1. The predicted molar refractivity (Wildman–Crippen MR) is 142 cm³/mol. The topological polar surface area (TPSA) is 97.0 Å². The van der Waals surface area contributed by atoms with E-state index in [0.29, 0.717) is 17.4 Å². The van der Waals surface area contributed by atoms with Crippen molar-refractivity contribution in [2.75, 3.05) is 42.5 Å². The second-order valence-corrected chi connectivity index (χ2v) is 11.4. The van der Waals surface area contributed by atoms with Crippen LogP contribution in [0.1, 0.15) is 45.2 Å². The fraction of sp³-hybridized carbons (Fsp3) is 0.593. The van der Waals surface area contributed by atoms with Crippen molar-refractivity contribution in [3.8, 4) is 11.4 Å². The monoisotopic (exact) mass is 501 g/mol. The van der Waals surface area contributed by atoms with Gasteiger partial charge in [0.05, 0.1) is 18.6 Å². The van der Waals surface area contributed by atoms with Crippen LogP contribution in [0.5, 0.6) is 0 Å². The van der Waals surface area contributed by atoms with Crippen LogP contribution in [0.15, 0.2) is 41.7 Å². The minimum absolute atomic E-state index is 0.0375. The zero-order chi connectivity index (χ0) is 24.9. The number of nitrogens with zero attached hydrogens (tertiary/aromatic N) is 8. The zero-order valence-corrected chi connectivity index (χ0v) is 21.4. The average Bonchev–Trinajstić information content (AvgIpc) is 3.81. The van der Waals surface area contributed by atoms with Gasteiger partial charge in [-0.25, -0.2) is 9.67 Å². The molecule has 3 aromatic heterocycles. The molecule has 2 saturated heterocycles. The van der Waals surface area contributed by atoms with E-state index in [1.807, 2.05) is 25.5 Å². The average molecular weight is 502 g/mol. The highest BCUT2D eigenvalue weighted by atomic mass is 16.1. The van der Waals surface area contributed by atoms with Crippen LogP contribution in [-0.4, -0.2) is 68.3 Å².